The molecule has 3 heterocycles. The average Bonchev–Trinajstić information content (AvgIpc) is 3.02. The molecule has 1 saturated heterocycles. The second kappa shape index (κ2) is 5.16. The third-order valence-corrected chi connectivity index (χ3v) is 3.50. The SMILES string of the molecule is Nc1ncnc2c1ncn2[C@H]1O[C@@H]([C@H](O)CO)[C@@H](O)[C@@H]1O. The fourth-order valence-corrected chi connectivity index (χ4v) is 2.39. The van der Waals surface area contributed by atoms with Gasteiger partial charge in [-0.3, -0.25) is 4.57 Å². The summed E-state index contributed by atoms with van der Waals surface area (Å²) in [5.41, 5.74) is 6.35. The zero-order valence-electron chi connectivity index (χ0n) is 10.8. The molecule has 0 saturated carbocycles. The number of aliphatic hydroxyl groups excluding tert-OH is 4. The first-order chi connectivity index (χ1) is 10.0. The maximum absolute atomic E-state index is 10.1. The van der Waals surface area contributed by atoms with Crippen molar-refractivity contribution in [1.82, 2.24) is 19.5 Å². The number of hydrogen-bond acceptors (Lipinski definition) is 9. The van der Waals surface area contributed by atoms with Crippen LogP contribution >= 0.6 is 0 Å². The van der Waals surface area contributed by atoms with Crippen LogP contribution in [-0.4, -0.2) is 71.0 Å². The van der Waals surface area contributed by atoms with Crippen molar-refractivity contribution in [3.63, 3.8) is 0 Å². The molecule has 6 N–H and O–H groups in total. The van der Waals surface area contributed by atoms with E-state index in [9.17, 15) is 15.3 Å². The Morgan fingerprint density at radius 2 is 2.05 bits per heavy atom. The molecular weight excluding hydrogens is 282 g/mol. The van der Waals surface area contributed by atoms with Gasteiger partial charge in [-0.2, -0.15) is 0 Å². The van der Waals surface area contributed by atoms with Gasteiger partial charge in [0.2, 0.25) is 0 Å². The van der Waals surface area contributed by atoms with E-state index in [1.54, 1.807) is 0 Å². The normalized spacial score (nSPS) is 30.9. The minimum atomic E-state index is -1.35. The van der Waals surface area contributed by atoms with Crippen molar-refractivity contribution in [3.05, 3.63) is 12.7 Å². The first kappa shape index (κ1) is 14.1. The number of anilines is 1. The number of imidazole rings is 1. The quantitative estimate of drug-likeness (QED) is 0.408. The second-order valence-corrected chi connectivity index (χ2v) is 4.81. The van der Waals surface area contributed by atoms with E-state index in [1.807, 2.05) is 0 Å². The van der Waals surface area contributed by atoms with Crippen molar-refractivity contribution in [2.24, 2.45) is 0 Å². The highest BCUT2D eigenvalue weighted by atomic mass is 16.6. The number of aliphatic hydroxyl groups is 4. The molecule has 0 unspecified atom stereocenters. The van der Waals surface area contributed by atoms with E-state index < -0.39 is 37.3 Å². The van der Waals surface area contributed by atoms with Gasteiger partial charge in [-0.25, -0.2) is 15.0 Å². The highest BCUT2D eigenvalue weighted by Crippen LogP contribution is 2.33. The Morgan fingerprint density at radius 1 is 1.29 bits per heavy atom. The Bertz CT molecular complexity index is 649. The molecule has 1 fully saturated rings. The molecule has 0 aliphatic carbocycles. The van der Waals surface area contributed by atoms with Crippen molar-refractivity contribution >= 4 is 17.0 Å². The summed E-state index contributed by atoms with van der Waals surface area (Å²) in [5.74, 6) is 0.179. The second-order valence-electron chi connectivity index (χ2n) is 4.81. The van der Waals surface area contributed by atoms with Gasteiger partial charge in [0.1, 0.15) is 36.3 Å². The van der Waals surface area contributed by atoms with Gasteiger partial charge >= 0.3 is 0 Å². The van der Waals surface area contributed by atoms with E-state index in [-0.39, 0.29) is 5.82 Å². The summed E-state index contributed by atoms with van der Waals surface area (Å²) in [6, 6.07) is 0. The summed E-state index contributed by atoms with van der Waals surface area (Å²) >= 11 is 0. The van der Waals surface area contributed by atoms with Crippen LogP contribution in [0, 0.1) is 0 Å². The zero-order chi connectivity index (χ0) is 15.1. The Kier molecular flexibility index (Phi) is 3.47. The molecule has 0 aromatic carbocycles. The van der Waals surface area contributed by atoms with Crippen molar-refractivity contribution in [2.75, 3.05) is 12.3 Å². The number of rotatable bonds is 3. The summed E-state index contributed by atoms with van der Waals surface area (Å²) in [7, 11) is 0. The van der Waals surface area contributed by atoms with Gasteiger partial charge in [0.25, 0.3) is 0 Å². The summed E-state index contributed by atoms with van der Waals surface area (Å²) in [6.45, 7) is -0.596. The molecule has 3 rings (SSSR count). The molecule has 0 amide bonds. The van der Waals surface area contributed by atoms with Gasteiger partial charge in [0, 0.05) is 0 Å². The van der Waals surface area contributed by atoms with E-state index >= 15 is 0 Å². The number of fused-ring (bicyclic) bond motifs is 1. The van der Waals surface area contributed by atoms with E-state index in [0.717, 1.165) is 0 Å². The predicted octanol–water partition coefficient (Wildman–Crippen LogP) is -2.62. The van der Waals surface area contributed by atoms with Crippen LogP contribution in [0.3, 0.4) is 0 Å². The first-order valence-electron chi connectivity index (χ1n) is 6.28. The fraction of sp³-hybridized carbons (Fsp3) is 0.545. The van der Waals surface area contributed by atoms with Crippen LogP contribution in [0.5, 0.6) is 0 Å². The van der Waals surface area contributed by atoms with Crippen molar-refractivity contribution in [1.29, 1.82) is 0 Å². The van der Waals surface area contributed by atoms with Gasteiger partial charge < -0.3 is 30.9 Å². The topological polar surface area (TPSA) is 160 Å². The molecule has 0 bridgehead atoms. The lowest BCUT2D eigenvalue weighted by atomic mass is 10.1. The minimum absolute atomic E-state index is 0.179. The Labute approximate surface area is 118 Å². The molecule has 1 aliphatic heterocycles. The first-order valence-corrected chi connectivity index (χ1v) is 6.28. The van der Waals surface area contributed by atoms with Gasteiger partial charge in [0.05, 0.1) is 12.9 Å². The van der Waals surface area contributed by atoms with Crippen molar-refractivity contribution in [2.45, 2.75) is 30.6 Å². The van der Waals surface area contributed by atoms with Crippen LogP contribution in [0.4, 0.5) is 5.82 Å². The molecule has 21 heavy (non-hydrogen) atoms. The van der Waals surface area contributed by atoms with E-state index in [0.29, 0.717) is 11.2 Å². The Hall–Kier alpha value is -1.85. The monoisotopic (exact) mass is 297 g/mol. The van der Waals surface area contributed by atoms with Crippen LogP contribution in [0.1, 0.15) is 6.23 Å². The van der Waals surface area contributed by atoms with Crippen LogP contribution in [0.2, 0.25) is 0 Å². The lowest BCUT2D eigenvalue weighted by Gasteiger charge is -2.18. The highest BCUT2D eigenvalue weighted by molar-refractivity contribution is 5.81. The lowest BCUT2D eigenvalue weighted by Crippen LogP contribution is -2.40. The number of nitrogens with zero attached hydrogens (tertiary/aromatic N) is 4. The Morgan fingerprint density at radius 3 is 2.76 bits per heavy atom. The highest BCUT2D eigenvalue weighted by Gasteiger charge is 2.47. The van der Waals surface area contributed by atoms with Gasteiger partial charge in [0.15, 0.2) is 17.7 Å². The molecule has 2 aromatic rings. The minimum Gasteiger partial charge on any atom is -0.394 e. The molecule has 0 spiro atoms. The Balaban J connectivity index is 1.98. The zero-order valence-corrected chi connectivity index (χ0v) is 10.8. The van der Waals surface area contributed by atoms with Crippen LogP contribution in [0.25, 0.3) is 11.2 Å². The van der Waals surface area contributed by atoms with Crippen LogP contribution in [-0.2, 0) is 4.74 Å². The molecule has 10 nitrogen and oxygen atoms in total. The van der Waals surface area contributed by atoms with Gasteiger partial charge in [-0.05, 0) is 0 Å². The van der Waals surface area contributed by atoms with Crippen molar-refractivity contribution < 1.29 is 25.2 Å². The molecule has 10 heteroatoms. The summed E-state index contributed by atoms with van der Waals surface area (Å²) in [6.07, 6.45) is -3.51. The predicted molar refractivity (Wildman–Crippen MR) is 68.8 cm³/mol. The lowest BCUT2D eigenvalue weighted by molar-refractivity contribution is -0.0962. The number of nitrogens with two attached hydrogens (primary N) is 1. The molecule has 114 valence electrons. The standard InChI is InChI=1S/C11H15N5O5/c12-9-5-10(14-2-13-9)16(3-15-5)11-7(20)6(19)8(21-11)4(18)1-17/h2-4,6-8,11,17-20H,1H2,(H2,12,13,14)/t4-,6+,7+,8+,11+/m1/s1. The number of hydrogen-bond donors (Lipinski definition) is 5. The van der Waals surface area contributed by atoms with Gasteiger partial charge in [-0.1, -0.05) is 0 Å². The van der Waals surface area contributed by atoms with Crippen LogP contribution in [0.15, 0.2) is 12.7 Å². The van der Waals surface area contributed by atoms with E-state index in [1.165, 1.54) is 17.2 Å². The average molecular weight is 297 g/mol. The summed E-state index contributed by atoms with van der Waals surface area (Å²) in [4.78, 5) is 11.9. The summed E-state index contributed by atoms with van der Waals surface area (Å²) < 4.78 is 6.84. The molecule has 0 radical (unpaired) electrons. The van der Waals surface area contributed by atoms with Gasteiger partial charge in [-0.15, -0.1) is 0 Å². The molecule has 5 atom stereocenters. The maximum atomic E-state index is 10.1. The third-order valence-electron chi connectivity index (χ3n) is 3.50. The fourth-order valence-electron chi connectivity index (χ4n) is 2.39. The molecule has 1 aliphatic rings. The summed E-state index contributed by atoms with van der Waals surface area (Å²) in [5, 5.41) is 38.5. The maximum Gasteiger partial charge on any atom is 0.167 e. The number of nitrogen functional groups attached to an aromatic ring is 1. The van der Waals surface area contributed by atoms with E-state index in [2.05, 4.69) is 15.0 Å². The number of aromatic nitrogens is 4. The smallest absolute Gasteiger partial charge is 0.167 e. The van der Waals surface area contributed by atoms with Crippen LogP contribution < -0.4 is 5.73 Å². The third kappa shape index (κ3) is 2.13. The van der Waals surface area contributed by atoms with E-state index in [4.69, 9.17) is 15.6 Å². The molecular formula is C11H15N5O5. The van der Waals surface area contributed by atoms with Crippen molar-refractivity contribution in [3.8, 4) is 0 Å². The number of ether oxygens (including phenoxy) is 1. The molecule has 2 aromatic heterocycles. The largest absolute Gasteiger partial charge is 0.394 e.